The molecule has 0 unspecified atom stereocenters. The number of benzene rings is 1. The number of thioether (sulfide) groups is 1. The monoisotopic (exact) mass is 253 g/mol. The molecule has 0 aliphatic rings. The van der Waals surface area contributed by atoms with Crippen LogP contribution in [0.2, 0.25) is 0 Å². The van der Waals surface area contributed by atoms with Gasteiger partial charge in [0.15, 0.2) is 0 Å². The van der Waals surface area contributed by atoms with Gasteiger partial charge in [-0.25, -0.2) is 0 Å². The highest BCUT2D eigenvalue weighted by Gasteiger charge is 2.15. The van der Waals surface area contributed by atoms with Crippen LogP contribution in [0.25, 0.3) is 0 Å². The average molecular weight is 253 g/mol. The maximum atomic E-state index is 9.22. The molecule has 2 nitrogen and oxygen atoms in total. The molecule has 0 aromatic heterocycles. The van der Waals surface area contributed by atoms with Crippen molar-refractivity contribution in [2.75, 3.05) is 19.4 Å². The van der Waals surface area contributed by atoms with E-state index in [1.807, 2.05) is 12.3 Å². The molecule has 1 aromatic carbocycles. The van der Waals surface area contributed by atoms with E-state index in [0.29, 0.717) is 12.0 Å². The van der Waals surface area contributed by atoms with Crippen molar-refractivity contribution in [1.29, 1.82) is 0 Å². The molecule has 1 aromatic rings. The van der Waals surface area contributed by atoms with E-state index in [2.05, 4.69) is 43.4 Å². The summed E-state index contributed by atoms with van der Waals surface area (Å²) in [6.45, 7) is 5.54. The van der Waals surface area contributed by atoms with E-state index < -0.39 is 0 Å². The van der Waals surface area contributed by atoms with Gasteiger partial charge < -0.3 is 10.4 Å². The summed E-state index contributed by atoms with van der Waals surface area (Å²) in [4.78, 5) is 0. The van der Waals surface area contributed by atoms with E-state index in [0.717, 1.165) is 6.54 Å². The third-order valence-corrected chi connectivity index (χ3v) is 4.32. The quantitative estimate of drug-likeness (QED) is 0.783. The second kappa shape index (κ2) is 7.75. The molecular weight excluding hydrogens is 230 g/mol. The minimum Gasteiger partial charge on any atom is -0.395 e. The van der Waals surface area contributed by atoms with Gasteiger partial charge in [-0.05, 0) is 24.7 Å². The maximum Gasteiger partial charge on any atom is 0.0564 e. The van der Waals surface area contributed by atoms with Crippen LogP contribution in [0.5, 0.6) is 0 Å². The lowest BCUT2D eigenvalue weighted by Gasteiger charge is -2.23. The maximum absolute atomic E-state index is 9.22. The van der Waals surface area contributed by atoms with Gasteiger partial charge in [0.2, 0.25) is 0 Å². The molecule has 0 heterocycles. The molecule has 3 atom stereocenters. The molecule has 0 saturated carbocycles. The Labute approximate surface area is 109 Å². The number of nitrogens with one attached hydrogen (secondary N) is 1. The van der Waals surface area contributed by atoms with E-state index >= 15 is 0 Å². The van der Waals surface area contributed by atoms with Gasteiger partial charge in [-0.2, -0.15) is 11.8 Å². The van der Waals surface area contributed by atoms with E-state index in [-0.39, 0.29) is 11.9 Å². The number of aliphatic hydroxyl groups is 1. The summed E-state index contributed by atoms with van der Waals surface area (Å²) in [5.41, 5.74) is 1.36. The van der Waals surface area contributed by atoms with Crippen LogP contribution in [0, 0.1) is 0 Å². The summed E-state index contributed by atoms with van der Waals surface area (Å²) >= 11 is 1.71. The summed E-state index contributed by atoms with van der Waals surface area (Å²) in [5.74, 6) is 0.500. The van der Waals surface area contributed by atoms with Gasteiger partial charge in [0.25, 0.3) is 0 Å². The van der Waals surface area contributed by atoms with Crippen molar-refractivity contribution in [1.82, 2.24) is 5.32 Å². The zero-order chi connectivity index (χ0) is 12.7. The molecule has 0 radical (unpaired) electrons. The Morgan fingerprint density at radius 1 is 1.24 bits per heavy atom. The highest BCUT2D eigenvalue weighted by molar-refractivity contribution is 7.99. The van der Waals surface area contributed by atoms with Gasteiger partial charge >= 0.3 is 0 Å². The van der Waals surface area contributed by atoms with Gasteiger partial charge in [-0.3, -0.25) is 0 Å². The first-order chi connectivity index (χ1) is 8.19. The summed E-state index contributed by atoms with van der Waals surface area (Å²) in [5, 5.41) is 13.0. The minimum atomic E-state index is 0.231. The van der Waals surface area contributed by atoms with Crippen LogP contribution in [0.15, 0.2) is 30.3 Å². The Morgan fingerprint density at radius 3 is 2.41 bits per heavy atom. The van der Waals surface area contributed by atoms with Gasteiger partial charge in [-0.15, -0.1) is 0 Å². The lowest BCUT2D eigenvalue weighted by Crippen LogP contribution is -2.39. The first-order valence-corrected chi connectivity index (χ1v) is 7.39. The Hall–Kier alpha value is -0.510. The predicted octanol–water partition coefficient (Wildman–Crippen LogP) is 2.49. The molecule has 0 aliphatic carbocycles. The normalized spacial score (nSPS) is 16.5. The number of rotatable bonds is 7. The van der Waals surface area contributed by atoms with Crippen molar-refractivity contribution in [3.8, 4) is 0 Å². The van der Waals surface area contributed by atoms with Crippen molar-refractivity contribution in [2.45, 2.75) is 31.1 Å². The Balaban J connectivity index is 2.40. The highest BCUT2D eigenvalue weighted by atomic mass is 32.2. The van der Waals surface area contributed by atoms with Crippen molar-refractivity contribution in [3.63, 3.8) is 0 Å². The van der Waals surface area contributed by atoms with Crippen LogP contribution >= 0.6 is 11.8 Å². The lowest BCUT2D eigenvalue weighted by molar-refractivity contribution is 0.275. The standard InChI is InChI=1S/C14H23NOS/c1-11(13-7-5-4-6-8-13)9-15-12(2)14(10-16)17-3/h4-8,11-12,14-16H,9-10H2,1-3H3/t11-,12-,14+/m0/s1. The molecule has 0 bridgehead atoms. The zero-order valence-electron chi connectivity index (χ0n) is 10.9. The largest absolute Gasteiger partial charge is 0.395 e. The molecule has 2 N–H and O–H groups in total. The fourth-order valence-electron chi connectivity index (χ4n) is 1.83. The fourth-order valence-corrected chi connectivity index (χ4v) is 2.48. The molecule has 96 valence electrons. The molecule has 3 heteroatoms. The third-order valence-electron chi connectivity index (χ3n) is 3.15. The van der Waals surface area contributed by atoms with Crippen molar-refractivity contribution < 1.29 is 5.11 Å². The Morgan fingerprint density at radius 2 is 1.88 bits per heavy atom. The van der Waals surface area contributed by atoms with Gasteiger partial charge in [-0.1, -0.05) is 37.3 Å². The second-order valence-corrected chi connectivity index (χ2v) is 5.54. The van der Waals surface area contributed by atoms with Gasteiger partial charge in [0.05, 0.1) is 6.61 Å². The molecule has 0 saturated heterocycles. The first kappa shape index (κ1) is 14.6. The summed E-state index contributed by atoms with van der Waals surface area (Å²) < 4.78 is 0. The van der Waals surface area contributed by atoms with Crippen LogP contribution < -0.4 is 5.32 Å². The van der Waals surface area contributed by atoms with Crippen LogP contribution in [0.3, 0.4) is 0 Å². The molecule has 0 fully saturated rings. The predicted molar refractivity (Wildman–Crippen MR) is 76.7 cm³/mol. The topological polar surface area (TPSA) is 32.3 Å². The van der Waals surface area contributed by atoms with Crippen molar-refractivity contribution in [3.05, 3.63) is 35.9 Å². The zero-order valence-corrected chi connectivity index (χ0v) is 11.7. The van der Waals surface area contributed by atoms with Crippen LogP contribution in [0.1, 0.15) is 25.3 Å². The Bertz CT molecular complexity index is 300. The Kier molecular flexibility index (Phi) is 6.63. The first-order valence-electron chi connectivity index (χ1n) is 6.11. The summed E-state index contributed by atoms with van der Waals surface area (Å²) in [6.07, 6.45) is 2.04. The minimum absolute atomic E-state index is 0.231. The summed E-state index contributed by atoms with van der Waals surface area (Å²) in [7, 11) is 0. The number of aliphatic hydroxyl groups excluding tert-OH is 1. The molecule has 17 heavy (non-hydrogen) atoms. The molecule has 1 rings (SSSR count). The van der Waals surface area contributed by atoms with Crippen LogP contribution in [-0.4, -0.2) is 35.8 Å². The number of hydrogen-bond acceptors (Lipinski definition) is 3. The summed E-state index contributed by atoms with van der Waals surface area (Å²) in [6, 6.07) is 10.9. The SMILES string of the molecule is CS[C@H](CO)[C@H](C)NC[C@H](C)c1ccccc1. The lowest BCUT2D eigenvalue weighted by atomic mass is 10.0. The molecule has 0 spiro atoms. The smallest absolute Gasteiger partial charge is 0.0564 e. The van der Waals surface area contributed by atoms with Crippen molar-refractivity contribution in [2.24, 2.45) is 0 Å². The highest BCUT2D eigenvalue weighted by Crippen LogP contribution is 2.15. The van der Waals surface area contributed by atoms with Gasteiger partial charge in [0.1, 0.15) is 0 Å². The average Bonchev–Trinajstić information content (AvgIpc) is 2.38. The molecular formula is C14H23NOS. The van der Waals surface area contributed by atoms with Crippen LogP contribution in [0.4, 0.5) is 0 Å². The van der Waals surface area contributed by atoms with Crippen molar-refractivity contribution >= 4 is 11.8 Å². The second-order valence-electron chi connectivity index (χ2n) is 4.47. The van der Waals surface area contributed by atoms with E-state index in [4.69, 9.17) is 0 Å². The number of hydrogen-bond donors (Lipinski definition) is 2. The molecule has 0 amide bonds. The van der Waals surface area contributed by atoms with Crippen LogP contribution in [-0.2, 0) is 0 Å². The van der Waals surface area contributed by atoms with E-state index in [1.165, 1.54) is 5.56 Å². The fraction of sp³-hybridized carbons (Fsp3) is 0.571. The van der Waals surface area contributed by atoms with E-state index in [9.17, 15) is 5.11 Å². The molecule has 0 aliphatic heterocycles. The van der Waals surface area contributed by atoms with Gasteiger partial charge in [0, 0.05) is 17.8 Å². The third kappa shape index (κ3) is 4.70. The van der Waals surface area contributed by atoms with E-state index in [1.54, 1.807) is 11.8 Å².